The predicted molar refractivity (Wildman–Crippen MR) is 99.4 cm³/mol. The second-order valence-corrected chi connectivity index (χ2v) is 7.35. The Bertz CT molecular complexity index is 669. The number of hydrogen-bond acceptors (Lipinski definition) is 3. The van der Waals surface area contributed by atoms with Gasteiger partial charge in [-0.15, -0.1) is 0 Å². The first-order chi connectivity index (χ1) is 11.8. The molecule has 0 aromatic heterocycles. The average molecular weight is 324 g/mol. The van der Waals surface area contributed by atoms with Gasteiger partial charge in [0.2, 0.25) is 0 Å². The van der Waals surface area contributed by atoms with E-state index in [0.717, 1.165) is 37.5 Å². The molecule has 1 saturated carbocycles. The van der Waals surface area contributed by atoms with Gasteiger partial charge >= 0.3 is 0 Å². The quantitative estimate of drug-likeness (QED) is 0.893. The summed E-state index contributed by atoms with van der Waals surface area (Å²) in [5.74, 6) is 1.14. The monoisotopic (exact) mass is 324 g/mol. The van der Waals surface area contributed by atoms with E-state index in [1.807, 2.05) is 18.2 Å². The van der Waals surface area contributed by atoms with E-state index in [-0.39, 0.29) is 0 Å². The van der Waals surface area contributed by atoms with Crippen LogP contribution in [0.3, 0.4) is 0 Å². The lowest BCUT2D eigenvalue weighted by molar-refractivity contribution is 0.104. The van der Waals surface area contributed by atoms with Crippen molar-refractivity contribution in [2.45, 2.75) is 38.1 Å². The SMILES string of the molecule is Oc1ccc([C@H](C2CCCCC2)N2CCNCC2)c2ccccc12. The molecule has 0 radical (unpaired) electrons. The minimum absolute atomic E-state index is 0.400. The summed E-state index contributed by atoms with van der Waals surface area (Å²) in [4.78, 5) is 2.69. The maximum Gasteiger partial charge on any atom is 0.123 e. The largest absolute Gasteiger partial charge is 0.507 e. The zero-order valence-corrected chi connectivity index (χ0v) is 14.4. The Balaban J connectivity index is 1.79. The summed E-state index contributed by atoms with van der Waals surface area (Å²) in [6.07, 6.45) is 6.79. The number of nitrogens with zero attached hydrogens (tertiary/aromatic N) is 1. The third-order valence-corrected chi connectivity index (χ3v) is 5.89. The van der Waals surface area contributed by atoms with Crippen LogP contribution >= 0.6 is 0 Å². The average Bonchev–Trinajstić information content (AvgIpc) is 2.66. The van der Waals surface area contributed by atoms with Crippen LogP contribution in [-0.2, 0) is 0 Å². The van der Waals surface area contributed by atoms with Crippen molar-refractivity contribution >= 4 is 10.8 Å². The molecule has 128 valence electrons. The van der Waals surface area contributed by atoms with E-state index in [0.29, 0.717) is 11.8 Å². The fourth-order valence-corrected chi connectivity index (χ4v) is 4.72. The molecule has 24 heavy (non-hydrogen) atoms. The number of rotatable bonds is 3. The molecule has 0 amide bonds. The highest BCUT2D eigenvalue weighted by Crippen LogP contribution is 2.42. The van der Waals surface area contributed by atoms with Crippen LogP contribution in [0.1, 0.15) is 43.7 Å². The summed E-state index contributed by atoms with van der Waals surface area (Å²) in [6.45, 7) is 4.41. The predicted octanol–water partition coefficient (Wildman–Crippen LogP) is 4.07. The fraction of sp³-hybridized carbons (Fsp3) is 0.524. The number of phenols is 1. The van der Waals surface area contributed by atoms with Gasteiger partial charge in [0.1, 0.15) is 5.75 Å². The lowest BCUT2D eigenvalue weighted by Crippen LogP contribution is -2.47. The Morgan fingerprint density at radius 1 is 0.917 bits per heavy atom. The number of nitrogens with one attached hydrogen (secondary N) is 1. The molecule has 1 saturated heterocycles. The molecule has 2 aromatic carbocycles. The molecular weight excluding hydrogens is 296 g/mol. The first kappa shape index (κ1) is 15.9. The van der Waals surface area contributed by atoms with Gasteiger partial charge in [-0.3, -0.25) is 4.90 Å². The standard InChI is InChI=1S/C21H28N2O/c24-20-11-10-19(17-8-4-5-9-18(17)20)21(16-6-2-1-3-7-16)23-14-12-22-13-15-23/h4-5,8-11,16,21-22,24H,1-3,6-7,12-15H2/t21-/m0/s1. The molecule has 2 aliphatic rings. The first-order valence-corrected chi connectivity index (χ1v) is 9.50. The van der Waals surface area contributed by atoms with Gasteiger partial charge in [0, 0.05) is 37.6 Å². The second-order valence-electron chi connectivity index (χ2n) is 7.35. The van der Waals surface area contributed by atoms with Crippen LogP contribution in [-0.4, -0.2) is 36.2 Å². The molecule has 1 aliphatic carbocycles. The summed E-state index contributed by atoms with van der Waals surface area (Å²) in [5.41, 5.74) is 1.41. The van der Waals surface area contributed by atoms with Crippen LogP contribution in [0.5, 0.6) is 5.75 Å². The van der Waals surface area contributed by atoms with Gasteiger partial charge in [-0.2, -0.15) is 0 Å². The van der Waals surface area contributed by atoms with Crippen LogP contribution in [0.25, 0.3) is 10.8 Å². The van der Waals surface area contributed by atoms with Crippen LogP contribution in [0, 0.1) is 5.92 Å². The Morgan fingerprint density at radius 3 is 2.38 bits per heavy atom. The minimum atomic E-state index is 0.400. The van der Waals surface area contributed by atoms with Crippen molar-refractivity contribution in [1.29, 1.82) is 0 Å². The Hall–Kier alpha value is -1.58. The summed E-state index contributed by atoms with van der Waals surface area (Å²) < 4.78 is 0. The van der Waals surface area contributed by atoms with Crippen LogP contribution < -0.4 is 5.32 Å². The van der Waals surface area contributed by atoms with Crippen molar-refractivity contribution in [1.82, 2.24) is 10.2 Å². The minimum Gasteiger partial charge on any atom is -0.507 e. The molecule has 1 atom stereocenters. The van der Waals surface area contributed by atoms with Crippen molar-refractivity contribution in [2.75, 3.05) is 26.2 Å². The van der Waals surface area contributed by atoms with E-state index in [1.54, 1.807) is 0 Å². The van der Waals surface area contributed by atoms with Crippen LogP contribution in [0.15, 0.2) is 36.4 Å². The molecular formula is C21H28N2O. The molecule has 0 bridgehead atoms. The highest BCUT2D eigenvalue weighted by molar-refractivity contribution is 5.91. The third-order valence-electron chi connectivity index (χ3n) is 5.89. The van der Waals surface area contributed by atoms with Crippen molar-refractivity contribution in [3.05, 3.63) is 42.0 Å². The van der Waals surface area contributed by atoms with E-state index in [2.05, 4.69) is 28.4 Å². The molecule has 0 unspecified atom stereocenters. The van der Waals surface area contributed by atoms with Crippen molar-refractivity contribution < 1.29 is 5.11 Å². The summed E-state index contributed by atoms with van der Waals surface area (Å²) in [6, 6.07) is 12.9. The Morgan fingerprint density at radius 2 is 1.62 bits per heavy atom. The number of aromatic hydroxyl groups is 1. The molecule has 0 spiro atoms. The van der Waals surface area contributed by atoms with Gasteiger partial charge in [0.15, 0.2) is 0 Å². The van der Waals surface area contributed by atoms with Gasteiger partial charge in [0.25, 0.3) is 0 Å². The van der Waals surface area contributed by atoms with Crippen molar-refractivity contribution in [3.8, 4) is 5.75 Å². The van der Waals surface area contributed by atoms with Gasteiger partial charge in [-0.1, -0.05) is 49.6 Å². The summed E-state index contributed by atoms with van der Waals surface area (Å²) in [5, 5.41) is 16.0. The molecule has 3 nitrogen and oxygen atoms in total. The highest BCUT2D eigenvalue weighted by atomic mass is 16.3. The lowest BCUT2D eigenvalue weighted by atomic mass is 9.79. The van der Waals surface area contributed by atoms with E-state index in [9.17, 15) is 5.11 Å². The van der Waals surface area contributed by atoms with Gasteiger partial charge in [-0.05, 0) is 35.8 Å². The van der Waals surface area contributed by atoms with Gasteiger partial charge < -0.3 is 10.4 Å². The second kappa shape index (κ2) is 7.12. The molecule has 3 heteroatoms. The van der Waals surface area contributed by atoms with Crippen molar-refractivity contribution in [2.24, 2.45) is 5.92 Å². The maximum absolute atomic E-state index is 10.3. The molecule has 2 N–H and O–H groups in total. The van der Waals surface area contributed by atoms with E-state index >= 15 is 0 Å². The summed E-state index contributed by atoms with van der Waals surface area (Å²) >= 11 is 0. The number of piperazine rings is 1. The molecule has 2 fully saturated rings. The van der Waals surface area contributed by atoms with E-state index in [1.165, 1.54) is 43.1 Å². The molecule has 4 rings (SSSR count). The Labute approximate surface area is 144 Å². The number of fused-ring (bicyclic) bond motifs is 1. The zero-order valence-electron chi connectivity index (χ0n) is 14.4. The molecule has 1 aliphatic heterocycles. The molecule has 2 aromatic rings. The van der Waals surface area contributed by atoms with Crippen LogP contribution in [0.4, 0.5) is 0 Å². The lowest BCUT2D eigenvalue weighted by Gasteiger charge is -2.41. The van der Waals surface area contributed by atoms with E-state index < -0.39 is 0 Å². The topological polar surface area (TPSA) is 35.5 Å². The van der Waals surface area contributed by atoms with Gasteiger partial charge in [-0.25, -0.2) is 0 Å². The number of benzene rings is 2. The first-order valence-electron chi connectivity index (χ1n) is 9.50. The van der Waals surface area contributed by atoms with Crippen molar-refractivity contribution in [3.63, 3.8) is 0 Å². The number of hydrogen-bond donors (Lipinski definition) is 2. The Kier molecular flexibility index (Phi) is 4.72. The van der Waals surface area contributed by atoms with E-state index in [4.69, 9.17) is 0 Å². The maximum atomic E-state index is 10.3. The highest BCUT2D eigenvalue weighted by Gasteiger charge is 2.32. The van der Waals surface area contributed by atoms with Crippen LogP contribution in [0.2, 0.25) is 0 Å². The third kappa shape index (κ3) is 3.03. The molecule has 1 heterocycles. The fourth-order valence-electron chi connectivity index (χ4n) is 4.72. The zero-order chi connectivity index (χ0) is 16.4. The summed E-state index contributed by atoms with van der Waals surface area (Å²) in [7, 11) is 0. The normalized spacial score (nSPS) is 21.8. The number of phenolic OH excluding ortho intramolecular Hbond substituents is 1. The smallest absolute Gasteiger partial charge is 0.123 e. The van der Waals surface area contributed by atoms with Gasteiger partial charge in [0.05, 0.1) is 0 Å².